The third kappa shape index (κ3) is 2.75. The highest BCUT2D eigenvalue weighted by Crippen LogP contribution is 2.25. The number of likely N-dealkylation sites (N-methyl/N-ethyl adjacent to an activating group) is 1. The maximum Gasteiger partial charge on any atom is 0.104 e. The first-order valence-electron chi connectivity index (χ1n) is 5.94. The van der Waals surface area contributed by atoms with E-state index in [1.165, 1.54) is 21.9 Å². The van der Waals surface area contributed by atoms with Crippen LogP contribution in [0, 0.1) is 0 Å². The van der Waals surface area contributed by atoms with Crippen LogP contribution >= 0.6 is 0 Å². The summed E-state index contributed by atoms with van der Waals surface area (Å²) in [5.41, 5.74) is 2.48. The number of benzene rings is 2. The normalized spacial score (nSPS) is 11.7. The highest BCUT2D eigenvalue weighted by Gasteiger charge is 2.12. The van der Waals surface area contributed by atoms with E-state index in [4.69, 9.17) is 0 Å². The molecule has 2 rings (SSSR count). The fourth-order valence-electron chi connectivity index (χ4n) is 2.19. The average Bonchev–Trinajstić information content (AvgIpc) is 2.26. The zero-order valence-corrected chi connectivity index (χ0v) is 10.9. The van der Waals surface area contributed by atoms with E-state index in [0.29, 0.717) is 0 Å². The lowest BCUT2D eigenvalue weighted by molar-refractivity contribution is -0.862. The minimum absolute atomic E-state index is 0.905. The van der Waals surface area contributed by atoms with Crippen molar-refractivity contribution in [3.05, 3.63) is 54.6 Å². The van der Waals surface area contributed by atoms with Gasteiger partial charge in [-0.25, -0.2) is 0 Å². The Kier molecular flexibility index (Phi) is 3.03. The molecule has 0 aliphatic heterocycles. The standard InChI is InChI=1S/C16H20N/c1-13(12-17(2,3)4)15-11-7-9-14-8-5-6-10-16(14)15/h5-11H,1,12H2,2-4H3/q+1. The first kappa shape index (κ1) is 11.9. The van der Waals surface area contributed by atoms with Crippen LogP contribution in [0.4, 0.5) is 0 Å². The third-order valence-electron chi connectivity index (χ3n) is 2.84. The largest absolute Gasteiger partial charge is 0.327 e. The predicted octanol–water partition coefficient (Wildman–Crippen LogP) is 3.56. The van der Waals surface area contributed by atoms with Crippen molar-refractivity contribution < 1.29 is 4.48 Å². The summed E-state index contributed by atoms with van der Waals surface area (Å²) in [5.74, 6) is 0. The van der Waals surface area contributed by atoms with Crippen LogP contribution in [0.2, 0.25) is 0 Å². The van der Waals surface area contributed by atoms with Crippen molar-refractivity contribution in [2.24, 2.45) is 0 Å². The van der Waals surface area contributed by atoms with Crippen LogP contribution in [0.25, 0.3) is 16.3 Å². The van der Waals surface area contributed by atoms with Gasteiger partial charge in [0.05, 0.1) is 21.1 Å². The molecule has 1 nitrogen and oxygen atoms in total. The van der Waals surface area contributed by atoms with Crippen molar-refractivity contribution in [2.75, 3.05) is 27.7 Å². The second kappa shape index (κ2) is 4.34. The maximum atomic E-state index is 4.24. The molecule has 0 N–H and O–H groups in total. The Balaban J connectivity index is 2.45. The van der Waals surface area contributed by atoms with E-state index in [9.17, 15) is 0 Å². The van der Waals surface area contributed by atoms with Gasteiger partial charge >= 0.3 is 0 Å². The zero-order chi connectivity index (χ0) is 12.5. The first-order chi connectivity index (χ1) is 7.97. The van der Waals surface area contributed by atoms with Crippen LogP contribution in [-0.4, -0.2) is 32.2 Å². The van der Waals surface area contributed by atoms with Crippen LogP contribution in [0.5, 0.6) is 0 Å². The van der Waals surface area contributed by atoms with Gasteiger partial charge in [-0.3, -0.25) is 0 Å². The molecule has 88 valence electrons. The van der Waals surface area contributed by atoms with Crippen LogP contribution in [0.1, 0.15) is 5.56 Å². The summed E-state index contributed by atoms with van der Waals surface area (Å²) >= 11 is 0. The summed E-state index contributed by atoms with van der Waals surface area (Å²) in [6, 6.07) is 14.9. The molecular weight excluding hydrogens is 206 g/mol. The summed E-state index contributed by atoms with van der Waals surface area (Å²) in [6.07, 6.45) is 0. The minimum Gasteiger partial charge on any atom is -0.327 e. The lowest BCUT2D eigenvalue weighted by atomic mass is 9.99. The van der Waals surface area contributed by atoms with Crippen LogP contribution in [0.3, 0.4) is 0 Å². The van der Waals surface area contributed by atoms with Gasteiger partial charge in [0.15, 0.2) is 0 Å². The molecule has 2 aromatic rings. The maximum absolute atomic E-state index is 4.24. The molecule has 0 unspecified atom stereocenters. The molecule has 0 saturated heterocycles. The van der Waals surface area contributed by atoms with Crippen molar-refractivity contribution in [2.45, 2.75) is 0 Å². The summed E-state index contributed by atoms with van der Waals surface area (Å²) < 4.78 is 0.905. The van der Waals surface area contributed by atoms with Gasteiger partial charge in [-0.15, -0.1) is 0 Å². The summed E-state index contributed by atoms with van der Waals surface area (Å²) in [7, 11) is 6.57. The van der Waals surface area contributed by atoms with E-state index in [0.717, 1.165) is 11.0 Å². The van der Waals surface area contributed by atoms with Crippen molar-refractivity contribution in [1.29, 1.82) is 0 Å². The Bertz CT molecular complexity index is 541. The third-order valence-corrected chi connectivity index (χ3v) is 2.84. The minimum atomic E-state index is 0.905. The molecule has 0 saturated carbocycles. The smallest absolute Gasteiger partial charge is 0.104 e. The summed E-state index contributed by atoms with van der Waals surface area (Å²) in [4.78, 5) is 0. The number of hydrogen-bond donors (Lipinski definition) is 0. The Labute approximate surface area is 104 Å². The highest BCUT2D eigenvalue weighted by atomic mass is 15.3. The van der Waals surface area contributed by atoms with Crippen molar-refractivity contribution >= 4 is 16.3 Å². The molecule has 0 fully saturated rings. The molecule has 17 heavy (non-hydrogen) atoms. The molecular formula is C16H20N+. The number of rotatable bonds is 3. The lowest BCUT2D eigenvalue weighted by Crippen LogP contribution is -2.35. The Morgan fingerprint density at radius 3 is 2.35 bits per heavy atom. The topological polar surface area (TPSA) is 0 Å². The fourth-order valence-corrected chi connectivity index (χ4v) is 2.19. The second-order valence-corrected chi connectivity index (χ2v) is 5.58. The van der Waals surface area contributed by atoms with E-state index in [1.807, 2.05) is 0 Å². The molecule has 0 atom stereocenters. The van der Waals surface area contributed by atoms with Gasteiger partial charge in [0, 0.05) is 5.57 Å². The summed E-state index contributed by atoms with van der Waals surface area (Å²) in [5, 5.41) is 2.58. The van der Waals surface area contributed by atoms with E-state index in [-0.39, 0.29) is 0 Å². The molecule has 2 aromatic carbocycles. The van der Waals surface area contributed by atoms with Gasteiger partial charge in [-0.1, -0.05) is 49.0 Å². The van der Waals surface area contributed by atoms with Gasteiger partial charge in [-0.05, 0) is 16.3 Å². The molecule has 0 aliphatic rings. The quantitative estimate of drug-likeness (QED) is 0.702. The molecule has 1 heteroatoms. The number of quaternary nitrogens is 1. The van der Waals surface area contributed by atoms with E-state index in [2.05, 4.69) is 70.2 Å². The molecule has 0 spiro atoms. The van der Waals surface area contributed by atoms with E-state index in [1.54, 1.807) is 0 Å². The van der Waals surface area contributed by atoms with E-state index >= 15 is 0 Å². The second-order valence-electron chi connectivity index (χ2n) is 5.58. The molecule has 0 bridgehead atoms. The van der Waals surface area contributed by atoms with Gasteiger partial charge in [0.25, 0.3) is 0 Å². The highest BCUT2D eigenvalue weighted by molar-refractivity contribution is 5.93. The van der Waals surface area contributed by atoms with Gasteiger partial charge in [0.2, 0.25) is 0 Å². The first-order valence-corrected chi connectivity index (χ1v) is 5.94. The van der Waals surface area contributed by atoms with Gasteiger partial charge in [0.1, 0.15) is 6.54 Å². The Morgan fingerprint density at radius 2 is 1.65 bits per heavy atom. The van der Waals surface area contributed by atoms with Crippen LogP contribution in [0.15, 0.2) is 49.0 Å². The Hall–Kier alpha value is -1.60. The lowest BCUT2D eigenvalue weighted by Gasteiger charge is -2.25. The zero-order valence-electron chi connectivity index (χ0n) is 10.9. The number of hydrogen-bond acceptors (Lipinski definition) is 0. The molecule has 0 aliphatic carbocycles. The van der Waals surface area contributed by atoms with Gasteiger partial charge < -0.3 is 4.48 Å². The number of fused-ring (bicyclic) bond motifs is 1. The average molecular weight is 226 g/mol. The van der Waals surface area contributed by atoms with Crippen molar-refractivity contribution in [3.8, 4) is 0 Å². The Morgan fingerprint density at radius 1 is 1.00 bits per heavy atom. The molecule has 0 amide bonds. The number of nitrogens with zero attached hydrogens (tertiary/aromatic N) is 1. The fraction of sp³-hybridized carbons (Fsp3) is 0.250. The van der Waals surface area contributed by atoms with Gasteiger partial charge in [-0.2, -0.15) is 0 Å². The monoisotopic (exact) mass is 226 g/mol. The van der Waals surface area contributed by atoms with Crippen LogP contribution in [-0.2, 0) is 0 Å². The summed E-state index contributed by atoms with van der Waals surface area (Å²) in [6.45, 7) is 5.21. The molecule has 0 radical (unpaired) electrons. The molecule has 0 heterocycles. The van der Waals surface area contributed by atoms with Crippen molar-refractivity contribution in [3.63, 3.8) is 0 Å². The van der Waals surface area contributed by atoms with Crippen LogP contribution < -0.4 is 0 Å². The predicted molar refractivity (Wildman–Crippen MR) is 75.9 cm³/mol. The van der Waals surface area contributed by atoms with Crippen molar-refractivity contribution in [1.82, 2.24) is 0 Å². The van der Waals surface area contributed by atoms with E-state index < -0.39 is 0 Å². The SMILES string of the molecule is C=C(C[N+](C)(C)C)c1cccc2ccccc12. The molecule has 0 aromatic heterocycles.